The lowest BCUT2D eigenvalue weighted by Crippen LogP contribution is -2.31. The van der Waals surface area contributed by atoms with Crippen molar-refractivity contribution in [2.24, 2.45) is 0 Å². The lowest BCUT2D eigenvalue weighted by Gasteiger charge is -2.25. The zero-order chi connectivity index (χ0) is 31.0. The summed E-state index contributed by atoms with van der Waals surface area (Å²) in [5, 5.41) is 12.2. The van der Waals surface area contributed by atoms with Crippen molar-refractivity contribution in [3.63, 3.8) is 0 Å². The monoisotopic (exact) mass is 612 g/mol. The van der Waals surface area contributed by atoms with Crippen molar-refractivity contribution in [1.29, 1.82) is 0 Å². The first-order chi connectivity index (χ1) is 21.4. The summed E-state index contributed by atoms with van der Waals surface area (Å²) in [4.78, 5) is 34.0. The number of amides is 1. The van der Waals surface area contributed by atoms with Crippen LogP contribution in [0.3, 0.4) is 0 Å². The topological polar surface area (TPSA) is 121 Å². The van der Waals surface area contributed by atoms with Gasteiger partial charge in [-0.05, 0) is 55.0 Å². The van der Waals surface area contributed by atoms with Gasteiger partial charge in [-0.1, -0.05) is 42.2 Å². The molecule has 1 N–H and O–H groups in total. The Morgan fingerprint density at radius 1 is 1.07 bits per heavy atom. The molecule has 3 aromatic carbocycles. The number of nitrogens with zero attached hydrogens (tertiary/aromatic N) is 2. The minimum atomic E-state index is -1.07. The van der Waals surface area contributed by atoms with Gasteiger partial charge < -0.3 is 28.5 Å². The van der Waals surface area contributed by atoms with E-state index in [1.165, 1.54) is 23.3 Å². The number of thiazole rings is 1. The largest absolute Gasteiger partial charge is 0.503 e. The fourth-order valence-corrected chi connectivity index (χ4v) is 6.17. The summed E-state index contributed by atoms with van der Waals surface area (Å²) in [7, 11) is 3.07. The third-order valence-electron chi connectivity index (χ3n) is 7.13. The second kappa shape index (κ2) is 11.8. The van der Waals surface area contributed by atoms with Gasteiger partial charge in [0.25, 0.3) is 5.91 Å². The molecule has 2 aromatic heterocycles. The summed E-state index contributed by atoms with van der Waals surface area (Å²) in [5.41, 5.74) is 1.33. The van der Waals surface area contributed by atoms with Crippen LogP contribution in [0.1, 0.15) is 29.1 Å². The molecule has 0 radical (unpaired) electrons. The molecule has 0 fully saturated rings. The Hall–Kier alpha value is -5.29. The van der Waals surface area contributed by atoms with E-state index in [1.54, 1.807) is 67.8 Å². The fraction of sp³-hybridized carbons (Fsp3) is 0.182. The summed E-state index contributed by atoms with van der Waals surface area (Å²) in [6, 6.07) is 16.2. The number of hydrogen-bond acceptors (Lipinski definition) is 10. The summed E-state index contributed by atoms with van der Waals surface area (Å²) < 4.78 is 29.1. The Kier molecular flexibility index (Phi) is 7.71. The van der Waals surface area contributed by atoms with E-state index >= 15 is 0 Å². The van der Waals surface area contributed by atoms with Gasteiger partial charge in [0.2, 0.25) is 5.78 Å². The van der Waals surface area contributed by atoms with Crippen molar-refractivity contribution in [2.45, 2.75) is 13.0 Å². The molecule has 0 spiro atoms. The number of anilines is 1. The van der Waals surface area contributed by atoms with E-state index in [-0.39, 0.29) is 23.1 Å². The van der Waals surface area contributed by atoms with Crippen molar-refractivity contribution in [3.8, 4) is 23.0 Å². The van der Waals surface area contributed by atoms with E-state index < -0.39 is 23.5 Å². The number of rotatable bonds is 11. The van der Waals surface area contributed by atoms with Crippen LogP contribution in [-0.2, 0) is 4.79 Å². The van der Waals surface area contributed by atoms with Gasteiger partial charge >= 0.3 is 0 Å². The molecule has 11 heteroatoms. The highest BCUT2D eigenvalue weighted by Crippen LogP contribution is 2.46. The number of aromatic nitrogens is 1. The number of Topliss-reactive ketones (excluding diaryl/α,β-unsaturated/α-hetero) is 1. The first-order valence-corrected chi connectivity index (χ1v) is 14.5. The predicted octanol–water partition coefficient (Wildman–Crippen LogP) is 6.81. The number of ether oxygens (including phenoxy) is 4. The lowest BCUT2D eigenvalue weighted by atomic mass is 9.95. The van der Waals surface area contributed by atoms with Gasteiger partial charge in [-0.15, -0.1) is 0 Å². The number of carbonyl (C=O) groups is 2. The van der Waals surface area contributed by atoms with Crippen LogP contribution in [-0.4, -0.2) is 49.2 Å². The molecule has 1 aliphatic heterocycles. The normalized spacial score (nSPS) is 14.8. The smallest absolute Gasteiger partial charge is 0.296 e. The molecule has 0 aliphatic carbocycles. The SMILES string of the molecule is C=CCOc1ccc(C2C(C(=O)c3cc4cccc(OC)c4o3)=C(O)C(=O)N2c2nc3ccc(OC)cc3s2)cc1OCC. The first-order valence-electron chi connectivity index (χ1n) is 13.7. The van der Waals surface area contributed by atoms with Gasteiger partial charge in [-0.3, -0.25) is 14.5 Å². The molecule has 0 saturated heterocycles. The molecule has 224 valence electrons. The van der Waals surface area contributed by atoms with Crippen LogP contribution in [0.5, 0.6) is 23.0 Å². The maximum atomic E-state index is 14.2. The molecule has 1 aliphatic rings. The molecule has 44 heavy (non-hydrogen) atoms. The molecule has 3 heterocycles. The van der Waals surface area contributed by atoms with E-state index in [2.05, 4.69) is 11.6 Å². The number of hydrogen-bond donors (Lipinski definition) is 1. The third kappa shape index (κ3) is 4.90. The van der Waals surface area contributed by atoms with Crippen LogP contribution in [0.15, 0.2) is 89.1 Å². The van der Waals surface area contributed by atoms with Gasteiger partial charge in [0.1, 0.15) is 12.4 Å². The number of furan rings is 1. The number of carbonyl (C=O) groups excluding carboxylic acids is 2. The van der Waals surface area contributed by atoms with E-state index in [4.69, 9.17) is 23.4 Å². The zero-order valence-electron chi connectivity index (χ0n) is 24.2. The molecule has 1 amide bonds. The third-order valence-corrected chi connectivity index (χ3v) is 8.15. The molecule has 6 rings (SSSR count). The maximum Gasteiger partial charge on any atom is 0.296 e. The number of benzene rings is 3. The van der Waals surface area contributed by atoms with Crippen LogP contribution in [0, 0.1) is 0 Å². The number of fused-ring (bicyclic) bond motifs is 2. The number of ketones is 1. The van der Waals surface area contributed by atoms with Crippen molar-refractivity contribution < 1.29 is 38.1 Å². The van der Waals surface area contributed by atoms with Gasteiger partial charge in [0.05, 0.1) is 42.7 Å². The second-order valence-electron chi connectivity index (χ2n) is 9.73. The minimum Gasteiger partial charge on any atom is -0.503 e. The van der Waals surface area contributed by atoms with Crippen LogP contribution < -0.4 is 23.8 Å². The van der Waals surface area contributed by atoms with Gasteiger partial charge in [0, 0.05) is 5.39 Å². The van der Waals surface area contributed by atoms with Crippen molar-refractivity contribution in [3.05, 3.63) is 96.0 Å². The van der Waals surface area contributed by atoms with Gasteiger partial charge in [-0.2, -0.15) is 0 Å². The van der Waals surface area contributed by atoms with Gasteiger partial charge in [-0.25, -0.2) is 4.98 Å². The molecular formula is C33H28N2O8S. The highest BCUT2D eigenvalue weighted by Gasteiger charge is 2.47. The lowest BCUT2D eigenvalue weighted by molar-refractivity contribution is -0.117. The zero-order valence-corrected chi connectivity index (χ0v) is 25.0. The average molecular weight is 613 g/mol. The Balaban J connectivity index is 1.51. The van der Waals surface area contributed by atoms with Crippen LogP contribution in [0.2, 0.25) is 0 Å². The standard InChI is InChI=1S/C33H28N2O8S/c1-5-14-42-22-13-10-18(15-24(22)41-6-2)28-27(29(36)25-16-19-8-7-9-23(40-4)31(19)43-25)30(37)32(38)35(28)33-34-21-12-11-20(39-3)17-26(21)44-33/h5,7-13,15-17,28,37H,1,6,14H2,2-4H3. The minimum absolute atomic E-state index is 0.0595. The fourth-order valence-electron chi connectivity index (χ4n) is 5.15. The number of aliphatic hydroxyl groups is 1. The van der Waals surface area contributed by atoms with E-state index in [1.807, 2.05) is 13.0 Å². The van der Waals surface area contributed by atoms with Crippen LogP contribution in [0.4, 0.5) is 5.13 Å². The number of aliphatic hydroxyl groups excluding tert-OH is 1. The molecule has 1 unspecified atom stereocenters. The first kappa shape index (κ1) is 28.8. The van der Waals surface area contributed by atoms with E-state index in [0.717, 1.165) is 4.70 Å². The summed E-state index contributed by atoms with van der Waals surface area (Å²) in [5.74, 6) is -0.251. The summed E-state index contributed by atoms with van der Waals surface area (Å²) >= 11 is 1.23. The predicted molar refractivity (Wildman–Crippen MR) is 166 cm³/mol. The number of methoxy groups -OCH3 is 2. The molecular weight excluding hydrogens is 584 g/mol. The Bertz CT molecular complexity index is 1960. The maximum absolute atomic E-state index is 14.2. The summed E-state index contributed by atoms with van der Waals surface area (Å²) in [6.45, 7) is 6.12. The summed E-state index contributed by atoms with van der Waals surface area (Å²) in [6.07, 6.45) is 1.61. The number of para-hydroxylation sites is 1. The highest BCUT2D eigenvalue weighted by atomic mass is 32.1. The van der Waals surface area contributed by atoms with Crippen molar-refractivity contribution in [1.82, 2.24) is 4.98 Å². The van der Waals surface area contributed by atoms with Crippen LogP contribution in [0.25, 0.3) is 21.2 Å². The van der Waals surface area contributed by atoms with Crippen molar-refractivity contribution in [2.75, 3.05) is 32.3 Å². The van der Waals surface area contributed by atoms with Crippen molar-refractivity contribution >= 4 is 49.3 Å². The van der Waals surface area contributed by atoms with Crippen LogP contribution >= 0.6 is 11.3 Å². The Morgan fingerprint density at radius 3 is 2.66 bits per heavy atom. The Labute approximate surface area is 256 Å². The van der Waals surface area contributed by atoms with E-state index in [9.17, 15) is 14.7 Å². The molecule has 10 nitrogen and oxygen atoms in total. The second-order valence-corrected chi connectivity index (χ2v) is 10.7. The molecule has 0 bridgehead atoms. The van der Waals surface area contributed by atoms with E-state index in [0.29, 0.717) is 51.7 Å². The highest BCUT2D eigenvalue weighted by molar-refractivity contribution is 7.22. The molecule has 1 atom stereocenters. The molecule has 0 saturated carbocycles. The van der Waals surface area contributed by atoms with Gasteiger partial charge in [0.15, 0.2) is 39.5 Å². The Morgan fingerprint density at radius 2 is 1.91 bits per heavy atom. The molecule has 5 aromatic rings. The average Bonchev–Trinajstić information content (AvgIpc) is 3.73. The quantitative estimate of drug-likeness (QED) is 0.127.